The first kappa shape index (κ1) is 15.8. The van der Waals surface area contributed by atoms with Crippen LogP contribution < -0.4 is 0 Å². The quantitative estimate of drug-likeness (QED) is 0.530. The van der Waals surface area contributed by atoms with Crippen LogP contribution in [0.15, 0.2) is 0 Å². The Hall–Kier alpha value is 0.890. The second kappa shape index (κ2) is 16.9. The Morgan fingerprint density at radius 1 is 1.33 bits per heavy atom. The van der Waals surface area contributed by atoms with Gasteiger partial charge in [0.05, 0.1) is 6.61 Å². The van der Waals surface area contributed by atoms with Gasteiger partial charge in [0.2, 0.25) is 0 Å². The number of halogens is 2. The van der Waals surface area contributed by atoms with Gasteiger partial charge in [0.1, 0.15) is 0 Å². The van der Waals surface area contributed by atoms with Crippen molar-refractivity contribution in [3.63, 3.8) is 0 Å². The molecule has 0 rings (SSSR count). The Bertz CT molecular complexity index is 13.5. The zero-order valence-corrected chi connectivity index (χ0v) is 5.65. The fourth-order valence-corrected chi connectivity index (χ4v) is 0. The first-order valence-corrected chi connectivity index (χ1v) is 1.76. The zero-order chi connectivity index (χ0) is 3.41. The van der Waals surface area contributed by atoms with E-state index in [-0.39, 0.29) is 31.4 Å². The minimum Gasteiger partial charge on any atom is -0.396 e. The highest BCUT2D eigenvalue weighted by Crippen LogP contribution is 1.61. The fraction of sp³-hybridized carbons (Fsp3) is 1.00. The van der Waals surface area contributed by atoms with E-state index >= 15 is 0 Å². The van der Waals surface area contributed by atoms with E-state index in [1.54, 1.807) is 0 Å². The molecule has 1 nitrogen and oxygen atoms in total. The van der Waals surface area contributed by atoms with Gasteiger partial charge in [-0.25, -0.2) is 0 Å². The van der Waals surface area contributed by atoms with Gasteiger partial charge < -0.3 is 5.11 Å². The number of hydrogen-bond donors (Lipinski definition) is 2. The summed E-state index contributed by atoms with van der Waals surface area (Å²) in [5, 5.41) is 7.80. The monoisotopic (exact) mass is 150 g/mol. The van der Waals surface area contributed by atoms with E-state index in [1.807, 2.05) is 0 Å². The zero-order valence-electron chi connectivity index (χ0n) is 3.13. The van der Waals surface area contributed by atoms with Crippen molar-refractivity contribution in [3.05, 3.63) is 0 Å². The molecule has 0 aromatic carbocycles. The van der Waals surface area contributed by atoms with Gasteiger partial charge in [-0.2, -0.15) is 12.6 Å². The molecule has 42 valence electrons. The van der Waals surface area contributed by atoms with E-state index in [0.29, 0.717) is 5.75 Å². The van der Waals surface area contributed by atoms with Crippen LogP contribution in [0.1, 0.15) is 0 Å². The predicted molar refractivity (Wildman–Crippen MR) is 35.4 cm³/mol. The van der Waals surface area contributed by atoms with Crippen LogP contribution in [-0.4, -0.2) is 17.5 Å². The van der Waals surface area contributed by atoms with Crippen molar-refractivity contribution in [1.82, 2.24) is 0 Å². The Labute approximate surface area is 55.4 Å². The van der Waals surface area contributed by atoms with Crippen LogP contribution in [0.25, 0.3) is 0 Å². The lowest BCUT2D eigenvalue weighted by Gasteiger charge is -1.69. The summed E-state index contributed by atoms with van der Waals surface area (Å²) >= 11 is 3.67. The van der Waals surface area contributed by atoms with Gasteiger partial charge in [-0.15, -0.1) is 24.8 Å². The Morgan fingerprint density at radius 2 is 1.50 bits per heavy atom. The maximum atomic E-state index is 7.80. The molecule has 0 aliphatic heterocycles. The lowest BCUT2D eigenvalue weighted by Crippen LogP contribution is -1.76. The summed E-state index contributed by atoms with van der Waals surface area (Å²) in [6, 6.07) is 0. The van der Waals surface area contributed by atoms with Gasteiger partial charge >= 0.3 is 0 Å². The third kappa shape index (κ3) is 20.7. The van der Waals surface area contributed by atoms with Gasteiger partial charge in [-0.1, -0.05) is 0 Å². The Balaban J connectivity index is -0.0000000450. The molecule has 0 unspecified atom stereocenters. The van der Waals surface area contributed by atoms with Crippen molar-refractivity contribution in [2.45, 2.75) is 0 Å². The molecule has 0 spiro atoms. The third-order valence-electron chi connectivity index (χ3n) is 0.1000. The van der Waals surface area contributed by atoms with Crippen LogP contribution >= 0.6 is 37.4 Å². The van der Waals surface area contributed by atoms with E-state index in [0.717, 1.165) is 0 Å². The standard InChI is InChI=1S/C2H6OS.2ClH/c3-1-2-4;;/h3-4H,1-2H2;2*1H. The van der Waals surface area contributed by atoms with Crippen LogP contribution in [0.4, 0.5) is 0 Å². The molecule has 0 atom stereocenters. The molecular formula is C2H8Cl2OS. The van der Waals surface area contributed by atoms with Crippen LogP contribution in [0, 0.1) is 0 Å². The number of hydrogen-bond acceptors (Lipinski definition) is 2. The number of thiol groups is 1. The van der Waals surface area contributed by atoms with Crippen molar-refractivity contribution < 1.29 is 5.11 Å². The first-order valence-electron chi connectivity index (χ1n) is 1.13. The van der Waals surface area contributed by atoms with Crippen molar-refractivity contribution in [1.29, 1.82) is 0 Å². The molecule has 0 saturated carbocycles. The highest BCUT2D eigenvalue weighted by molar-refractivity contribution is 7.80. The average Bonchev–Trinajstić information content (AvgIpc) is 1.37. The molecule has 0 radical (unpaired) electrons. The van der Waals surface area contributed by atoms with E-state index in [1.165, 1.54) is 0 Å². The molecule has 0 amide bonds. The molecule has 6 heavy (non-hydrogen) atoms. The summed E-state index contributed by atoms with van der Waals surface area (Å²) in [5.74, 6) is 0.569. The van der Waals surface area contributed by atoms with E-state index in [4.69, 9.17) is 5.11 Å². The van der Waals surface area contributed by atoms with Gasteiger partial charge in [0, 0.05) is 5.75 Å². The molecule has 0 aromatic rings. The number of aliphatic hydroxyl groups excluding tert-OH is 1. The minimum absolute atomic E-state index is 0. The molecule has 1 N–H and O–H groups in total. The van der Waals surface area contributed by atoms with Gasteiger partial charge in [-0.3, -0.25) is 0 Å². The van der Waals surface area contributed by atoms with Crippen LogP contribution in [0.2, 0.25) is 0 Å². The summed E-state index contributed by atoms with van der Waals surface area (Å²) in [6.45, 7) is 0.184. The topological polar surface area (TPSA) is 20.2 Å². The first-order chi connectivity index (χ1) is 1.91. The van der Waals surface area contributed by atoms with Gasteiger partial charge in [0.25, 0.3) is 0 Å². The minimum atomic E-state index is 0. The Morgan fingerprint density at radius 3 is 1.50 bits per heavy atom. The van der Waals surface area contributed by atoms with Crippen LogP contribution in [-0.2, 0) is 0 Å². The fourth-order valence-electron chi connectivity index (χ4n) is 0. The summed E-state index contributed by atoms with van der Waals surface area (Å²) in [4.78, 5) is 0. The lowest BCUT2D eigenvalue weighted by atomic mass is 10.9. The summed E-state index contributed by atoms with van der Waals surface area (Å²) in [7, 11) is 0. The smallest absolute Gasteiger partial charge is 0.0519 e. The normalized spacial score (nSPS) is 5.00. The van der Waals surface area contributed by atoms with E-state index in [9.17, 15) is 0 Å². The van der Waals surface area contributed by atoms with Crippen molar-refractivity contribution in [2.75, 3.05) is 12.4 Å². The molecule has 0 heterocycles. The highest BCUT2D eigenvalue weighted by Gasteiger charge is 1.57. The van der Waals surface area contributed by atoms with E-state index in [2.05, 4.69) is 12.6 Å². The molecule has 0 saturated heterocycles. The third-order valence-corrected chi connectivity index (χ3v) is 0.300. The second-order valence-electron chi connectivity index (χ2n) is 0.447. The highest BCUT2D eigenvalue weighted by atomic mass is 35.5. The van der Waals surface area contributed by atoms with E-state index < -0.39 is 0 Å². The SMILES string of the molecule is Cl.Cl.OCCS. The molecule has 0 aliphatic rings. The summed E-state index contributed by atoms with van der Waals surface area (Å²) < 4.78 is 0. The number of aliphatic hydroxyl groups is 1. The maximum absolute atomic E-state index is 7.80. The molecule has 0 bridgehead atoms. The molecule has 0 fully saturated rings. The van der Waals surface area contributed by atoms with Gasteiger partial charge in [-0.05, 0) is 0 Å². The maximum Gasteiger partial charge on any atom is 0.0519 e. The summed E-state index contributed by atoms with van der Waals surface area (Å²) in [6.07, 6.45) is 0. The second-order valence-corrected chi connectivity index (χ2v) is 0.894. The summed E-state index contributed by atoms with van der Waals surface area (Å²) in [5.41, 5.74) is 0. The molecule has 0 aromatic heterocycles. The predicted octanol–water partition coefficient (Wildman–Crippen LogP) is 0.752. The van der Waals surface area contributed by atoms with Crippen LogP contribution in [0.5, 0.6) is 0 Å². The largest absolute Gasteiger partial charge is 0.396 e. The van der Waals surface area contributed by atoms with Crippen molar-refractivity contribution in [2.24, 2.45) is 0 Å². The Kier molecular flexibility index (Phi) is 44.4. The van der Waals surface area contributed by atoms with Crippen LogP contribution in [0.3, 0.4) is 0 Å². The molecule has 0 aliphatic carbocycles. The lowest BCUT2D eigenvalue weighted by molar-refractivity contribution is 0.323. The van der Waals surface area contributed by atoms with Gasteiger partial charge in [0.15, 0.2) is 0 Å². The molecular weight excluding hydrogens is 143 g/mol. The average molecular weight is 151 g/mol. The van der Waals surface area contributed by atoms with Crippen molar-refractivity contribution >= 4 is 37.4 Å². The van der Waals surface area contributed by atoms with Crippen molar-refractivity contribution in [3.8, 4) is 0 Å². The number of rotatable bonds is 1. The molecule has 4 heteroatoms.